The van der Waals surface area contributed by atoms with Crippen molar-refractivity contribution in [2.24, 2.45) is 5.92 Å². The lowest BCUT2D eigenvalue weighted by Gasteiger charge is -2.31. The van der Waals surface area contributed by atoms with E-state index in [2.05, 4.69) is 27.3 Å². The van der Waals surface area contributed by atoms with E-state index in [1.807, 2.05) is 0 Å². The lowest BCUT2D eigenvalue weighted by Crippen LogP contribution is -2.45. The number of thioether (sulfide) groups is 1. The first kappa shape index (κ1) is 24.1. The van der Waals surface area contributed by atoms with E-state index in [0.717, 1.165) is 11.8 Å². The van der Waals surface area contributed by atoms with Crippen LogP contribution in [0, 0.1) is 17.2 Å². The molecule has 32 heavy (non-hydrogen) atoms. The summed E-state index contributed by atoms with van der Waals surface area (Å²) in [5, 5.41) is 12.8. The highest BCUT2D eigenvalue weighted by molar-refractivity contribution is 9.10. The minimum atomic E-state index is -1.24. The first-order valence-electron chi connectivity index (χ1n) is 9.76. The van der Waals surface area contributed by atoms with Crippen LogP contribution in [0.2, 0.25) is 0 Å². The van der Waals surface area contributed by atoms with Crippen molar-refractivity contribution >= 4 is 45.5 Å². The van der Waals surface area contributed by atoms with Crippen LogP contribution in [-0.2, 0) is 23.9 Å². The maximum atomic E-state index is 12.9. The smallest absolute Gasteiger partial charge is 0.319 e. The number of ether oxygens (including phenoxy) is 3. The standard InChI is InChI=1S/C21H22BrN3O6S/c1-29-15-4-3-12(9-14(15)22)17-13(10-23)20(24-19(27)18(17)21(28)30-2)32-11-16(26)25-5-7-31-8-6-25/h3-4,9,17-18H,5-8,11H2,1-2H3,(H,24,27)/t17-,18-/m1/s1. The molecule has 1 fully saturated rings. The third kappa shape index (κ3) is 5.09. The Morgan fingerprint density at radius 3 is 2.66 bits per heavy atom. The summed E-state index contributed by atoms with van der Waals surface area (Å²) in [5.74, 6) is -2.95. The van der Waals surface area contributed by atoms with Crippen molar-refractivity contribution in [3.8, 4) is 11.8 Å². The number of esters is 1. The van der Waals surface area contributed by atoms with Gasteiger partial charge in [0.05, 0.1) is 54.3 Å². The molecule has 1 saturated heterocycles. The fraction of sp³-hybridized carbons (Fsp3) is 0.429. The van der Waals surface area contributed by atoms with Crippen molar-refractivity contribution in [2.45, 2.75) is 5.92 Å². The van der Waals surface area contributed by atoms with E-state index in [1.54, 1.807) is 23.1 Å². The Labute approximate surface area is 198 Å². The zero-order chi connectivity index (χ0) is 23.3. The number of amides is 2. The Balaban J connectivity index is 1.95. The number of allylic oxidation sites excluding steroid dienone is 1. The summed E-state index contributed by atoms with van der Waals surface area (Å²) in [6.45, 7) is 1.97. The molecule has 0 spiro atoms. The normalized spacial score (nSPS) is 20.9. The van der Waals surface area contributed by atoms with Crippen molar-refractivity contribution in [3.63, 3.8) is 0 Å². The highest BCUT2D eigenvalue weighted by atomic mass is 79.9. The van der Waals surface area contributed by atoms with E-state index < -0.39 is 23.7 Å². The fourth-order valence-electron chi connectivity index (χ4n) is 3.59. The van der Waals surface area contributed by atoms with Gasteiger partial charge in [0.1, 0.15) is 11.7 Å². The van der Waals surface area contributed by atoms with Gasteiger partial charge < -0.3 is 24.4 Å². The highest BCUT2D eigenvalue weighted by Gasteiger charge is 2.44. The number of hydrogen-bond acceptors (Lipinski definition) is 8. The minimum absolute atomic E-state index is 0.0444. The van der Waals surface area contributed by atoms with E-state index in [0.29, 0.717) is 42.1 Å². The number of carbonyl (C=O) groups is 3. The number of nitrogens with zero attached hydrogens (tertiary/aromatic N) is 2. The summed E-state index contributed by atoms with van der Waals surface area (Å²) in [5.41, 5.74) is 0.758. The molecule has 11 heteroatoms. The summed E-state index contributed by atoms with van der Waals surface area (Å²) in [7, 11) is 2.71. The van der Waals surface area contributed by atoms with Gasteiger partial charge in [0.25, 0.3) is 0 Å². The molecule has 2 aliphatic heterocycles. The first-order valence-corrected chi connectivity index (χ1v) is 11.5. The number of morpholine rings is 1. The number of nitrogens with one attached hydrogen (secondary N) is 1. The van der Waals surface area contributed by atoms with Crippen molar-refractivity contribution in [1.29, 1.82) is 5.26 Å². The van der Waals surface area contributed by atoms with E-state index in [4.69, 9.17) is 14.2 Å². The van der Waals surface area contributed by atoms with E-state index >= 15 is 0 Å². The van der Waals surface area contributed by atoms with Gasteiger partial charge in [0, 0.05) is 19.0 Å². The first-order chi connectivity index (χ1) is 15.4. The summed E-state index contributed by atoms with van der Waals surface area (Å²) < 4.78 is 16.0. The van der Waals surface area contributed by atoms with Gasteiger partial charge >= 0.3 is 5.97 Å². The molecule has 1 aromatic carbocycles. The molecule has 9 nitrogen and oxygen atoms in total. The summed E-state index contributed by atoms with van der Waals surface area (Å²) in [6.07, 6.45) is 0. The lowest BCUT2D eigenvalue weighted by atomic mass is 9.78. The van der Waals surface area contributed by atoms with Gasteiger partial charge in [-0.15, -0.1) is 0 Å². The maximum absolute atomic E-state index is 12.9. The predicted octanol–water partition coefficient (Wildman–Crippen LogP) is 1.79. The predicted molar refractivity (Wildman–Crippen MR) is 120 cm³/mol. The Morgan fingerprint density at radius 1 is 1.34 bits per heavy atom. The molecule has 170 valence electrons. The van der Waals surface area contributed by atoms with Gasteiger partial charge in [-0.3, -0.25) is 14.4 Å². The van der Waals surface area contributed by atoms with E-state index in [-0.39, 0.29) is 22.3 Å². The Morgan fingerprint density at radius 2 is 2.06 bits per heavy atom. The fourth-order valence-corrected chi connectivity index (χ4v) is 5.10. The highest BCUT2D eigenvalue weighted by Crippen LogP contribution is 2.42. The average Bonchev–Trinajstić information content (AvgIpc) is 2.81. The second-order valence-corrected chi connectivity index (χ2v) is 8.84. The molecule has 0 radical (unpaired) electrons. The zero-order valence-corrected chi connectivity index (χ0v) is 20.0. The number of benzene rings is 1. The number of hydrogen-bond donors (Lipinski definition) is 1. The quantitative estimate of drug-likeness (QED) is 0.442. The molecule has 0 bridgehead atoms. The second-order valence-electron chi connectivity index (χ2n) is 7.00. The van der Waals surface area contributed by atoms with Crippen LogP contribution in [0.3, 0.4) is 0 Å². The topological polar surface area (TPSA) is 118 Å². The van der Waals surface area contributed by atoms with Gasteiger partial charge in [-0.2, -0.15) is 5.26 Å². The molecule has 0 aromatic heterocycles. The summed E-state index contributed by atoms with van der Waals surface area (Å²) >= 11 is 4.48. The van der Waals surface area contributed by atoms with Gasteiger partial charge in [-0.1, -0.05) is 17.8 Å². The van der Waals surface area contributed by atoms with Gasteiger partial charge in [-0.25, -0.2) is 0 Å². The van der Waals surface area contributed by atoms with E-state index in [9.17, 15) is 19.6 Å². The molecule has 2 aliphatic rings. The van der Waals surface area contributed by atoms with Crippen molar-refractivity contribution in [1.82, 2.24) is 10.2 Å². The van der Waals surface area contributed by atoms with Crippen molar-refractivity contribution in [3.05, 3.63) is 38.8 Å². The number of rotatable bonds is 6. The molecular formula is C21H22BrN3O6S. The average molecular weight is 524 g/mol. The van der Waals surface area contributed by atoms with Crippen LogP contribution in [-0.4, -0.2) is 69.0 Å². The molecule has 1 aromatic rings. The molecule has 0 aliphatic carbocycles. The summed E-state index contributed by atoms with van der Waals surface area (Å²) in [4.78, 5) is 39.6. The molecule has 1 N–H and O–H groups in total. The monoisotopic (exact) mass is 523 g/mol. The van der Waals surface area contributed by atoms with Crippen LogP contribution in [0.4, 0.5) is 0 Å². The summed E-state index contributed by atoms with van der Waals surface area (Å²) in [6, 6.07) is 7.21. The Bertz CT molecular complexity index is 986. The van der Waals surface area contributed by atoms with Crippen LogP contribution >= 0.6 is 27.7 Å². The molecule has 0 saturated carbocycles. The lowest BCUT2D eigenvalue weighted by molar-refractivity contribution is -0.150. The van der Waals surface area contributed by atoms with Crippen LogP contribution in [0.1, 0.15) is 11.5 Å². The van der Waals surface area contributed by atoms with E-state index in [1.165, 1.54) is 14.2 Å². The molecule has 0 unspecified atom stereocenters. The zero-order valence-electron chi connectivity index (χ0n) is 17.6. The Hall–Kier alpha value is -2.55. The van der Waals surface area contributed by atoms with Gasteiger partial charge in [0.2, 0.25) is 11.8 Å². The number of halogens is 1. The minimum Gasteiger partial charge on any atom is -0.496 e. The second kappa shape index (κ2) is 10.8. The maximum Gasteiger partial charge on any atom is 0.319 e. The van der Waals surface area contributed by atoms with Crippen LogP contribution in [0.15, 0.2) is 33.3 Å². The molecule has 2 heterocycles. The largest absolute Gasteiger partial charge is 0.496 e. The third-order valence-corrected chi connectivity index (χ3v) is 6.84. The van der Waals surface area contributed by atoms with Crippen LogP contribution < -0.4 is 10.1 Å². The molecule has 3 rings (SSSR count). The van der Waals surface area contributed by atoms with Crippen molar-refractivity contribution < 1.29 is 28.6 Å². The third-order valence-electron chi connectivity index (χ3n) is 5.22. The van der Waals surface area contributed by atoms with Crippen molar-refractivity contribution in [2.75, 3.05) is 46.3 Å². The number of methoxy groups -OCH3 is 2. The SMILES string of the molecule is COC(=O)[C@H]1C(=O)NC(SCC(=O)N2CCOCC2)=C(C#N)[C@H]1c1ccc(OC)c(Br)c1. The Kier molecular flexibility index (Phi) is 8.17. The van der Waals surface area contributed by atoms with Gasteiger partial charge in [-0.05, 0) is 33.6 Å². The van der Waals surface area contributed by atoms with Crippen LogP contribution in [0.5, 0.6) is 5.75 Å². The number of nitriles is 1. The molecule has 2 amide bonds. The molecule has 2 atom stereocenters. The van der Waals surface area contributed by atoms with Crippen LogP contribution in [0.25, 0.3) is 0 Å². The van der Waals surface area contributed by atoms with Gasteiger partial charge in [0.15, 0.2) is 0 Å². The molecular weight excluding hydrogens is 502 g/mol. The number of carbonyl (C=O) groups excluding carboxylic acids is 3.